The minimum Gasteiger partial charge on any atom is -0.493 e. The first-order chi connectivity index (χ1) is 14.2. The Morgan fingerprint density at radius 3 is 2.27 bits per heavy atom. The van der Waals surface area contributed by atoms with Gasteiger partial charge in [-0.15, -0.1) is 0 Å². The van der Waals surface area contributed by atoms with Crippen molar-refractivity contribution >= 4 is 15.7 Å². The third kappa shape index (κ3) is 5.22. The Bertz CT molecular complexity index is 1020. The summed E-state index contributed by atoms with van der Waals surface area (Å²) >= 11 is 0. The molecule has 2 heterocycles. The Hall–Kier alpha value is -2.35. The van der Waals surface area contributed by atoms with Crippen LogP contribution >= 0.6 is 0 Å². The summed E-state index contributed by atoms with van der Waals surface area (Å²) in [6.45, 7) is 4.40. The van der Waals surface area contributed by atoms with Crippen molar-refractivity contribution in [3.63, 3.8) is 0 Å². The lowest BCUT2D eigenvalue weighted by Gasteiger charge is -2.42. The van der Waals surface area contributed by atoms with E-state index in [0.29, 0.717) is 12.3 Å². The molecule has 0 aliphatic carbocycles. The maximum absolute atomic E-state index is 9.19. The number of ether oxygens (including phenoxy) is 2. The molecule has 0 bridgehead atoms. The van der Waals surface area contributed by atoms with E-state index in [-0.39, 0.29) is 0 Å². The number of hydrogen-bond acceptors (Lipinski definition) is 5. The zero-order valence-corrected chi connectivity index (χ0v) is 18.7. The van der Waals surface area contributed by atoms with Gasteiger partial charge in [0.2, 0.25) is 0 Å². The summed E-state index contributed by atoms with van der Waals surface area (Å²) in [4.78, 5) is 2.61. The molecule has 2 aromatic carbocycles. The van der Waals surface area contributed by atoms with Gasteiger partial charge >= 0.3 is 0 Å². The normalized spacial score (nSPS) is 18.6. The van der Waals surface area contributed by atoms with E-state index in [1.807, 2.05) is 0 Å². The van der Waals surface area contributed by atoms with Crippen molar-refractivity contribution in [1.82, 2.24) is 4.90 Å². The van der Waals surface area contributed by atoms with E-state index in [4.69, 9.17) is 14.0 Å². The van der Waals surface area contributed by atoms with Crippen molar-refractivity contribution in [2.75, 3.05) is 33.6 Å². The highest BCUT2D eigenvalue weighted by atomic mass is 32.2. The molecule has 0 saturated heterocycles. The summed E-state index contributed by atoms with van der Waals surface area (Å²) in [5, 5.41) is 0. The van der Waals surface area contributed by atoms with Gasteiger partial charge in [0, 0.05) is 19.1 Å². The van der Waals surface area contributed by atoms with Gasteiger partial charge in [0.05, 0.1) is 20.5 Å². The lowest BCUT2D eigenvalue weighted by molar-refractivity contribution is 0.197. The van der Waals surface area contributed by atoms with Gasteiger partial charge in [0.25, 0.3) is 10.1 Å². The van der Waals surface area contributed by atoms with Crippen LogP contribution in [0.1, 0.15) is 36.1 Å². The van der Waals surface area contributed by atoms with Gasteiger partial charge in [0.1, 0.15) is 0 Å². The van der Waals surface area contributed by atoms with Crippen LogP contribution in [0, 0.1) is 0 Å². The van der Waals surface area contributed by atoms with Crippen LogP contribution in [0.3, 0.4) is 0 Å². The molecular formula is C23H29NO5S. The fraction of sp³-hybridized carbons (Fsp3) is 0.391. The fourth-order valence-electron chi connectivity index (χ4n) is 4.24. The largest absolute Gasteiger partial charge is 0.493 e. The molecule has 0 radical (unpaired) electrons. The van der Waals surface area contributed by atoms with Crippen LogP contribution in [0.15, 0.2) is 48.0 Å². The quantitative estimate of drug-likeness (QED) is 0.741. The molecule has 1 N–H and O–H groups in total. The van der Waals surface area contributed by atoms with Gasteiger partial charge < -0.3 is 9.47 Å². The highest BCUT2D eigenvalue weighted by molar-refractivity contribution is 7.85. The average Bonchev–Trinajstić information content (AvgIpc) is 2.71. The van der Waals surface area contributed by atoms with Gasteiger partial charge in [0.15, 0.2) is 11.5 Å². The topological polar surface area (TPSA) is 76.1 Å². The molecule has 1 atom stereocenters. The number of nitrogens with zero attached hydrogens (tertiary/aromatic N) is 1. The summed E-state index contributed by atoms with van der Waals surface area (Å²) in [5.41, 5.74) is 7.14. The molecule has 2 aromatic rings. The average molecular weight is 432 g/mol. The van der Waals surface area contributed by atoms with Crippen LogP contribution in [0.2, 0.25) is 0 Å². The van der Waals surface area contributed by atoms with Crippen molar-refractivity contribution in [2.24, 2.45) is 0 Å². The van der Waals surface area contributed by atoms with Crippen molar-refractivity contribution in [2.45, 2.75) is 25.8 Å². The SMILES string of the molecule is COc1cc2c(cc1OC)C1CC(C)=C(c3ccccc3)CN1CC2.CS(=O)(=O)O. The Kier molecular flexibility index (Phi) is 6.85. The third-order valence-electron chi connectivity index (χ3n) is 5.61. The Morgan fingerprint density at radius 2 is 1.67 bits per heavy atom. The highest BCUT2D eigenvalue weighted by Crippen LogP contribution is 2.44. The van der Waals surface area contributed by atoms with Crippen LogP contribution < -0.4 is 9.47 Å². The first-order valence-electron chi connectivity index (χ1n) is 9.86. The number of methoxy groups -OCH3 is 2. The van der Waals surface area contributed by atoms with Gasteiger partial charge in [-0.3, -0.25) is 9.45 Å². The van der Waals surface area contributed by atoms with Crippen molar-refractivity contribution in [3.05, 3.63) is 64.7 Å². The van der Waals surface area contributed by atoms with E-state index in [9.17, 15) is 8.42 Å². The molecule has 0 amide bonds. The minimum atomic E-state index is -3.67. The Labute approximate surface area is 178 Å². The molecule has 162 valence electrons. The summed E-state index contributed by atoms with van der Waals surface area (Å²) in [5.74, 6) is 1.67. The molecule has 2 aliphatic rings. The summed E-state index contributed by atoms with van der Waals surface area (Å²) in [7, 11) is -0.247. The van der Waals surface area contributed by atoms with E-state index in [0.717, 1.165) is 37.4 Å². The smallest absolute Gasteiger partial charge is 0.261 e. The molecular weight excluding hydrogens is 402 g/mol. The lowest BCUT2D eigenvalue weighted by atomic mass is 9.83. The third-order valence-corrected chi connectivity index (χ3v) is 5.61. The highest BCUT2D eigenvalue weighted by Gasteiger charge is 2.33. The van der Waals surface area contributed by atoms with E-state index in [2.05, 4.69) is 54.3 Å². The van der Waals surface area contributed by atoms with E-state index in [1.165, 1.54) is 27.8 Å². The van der Waals surface area contributed by atoms with E-state index >= 15 is 0 Å². The molecule has 6 nitrogen and oxygen atoms in total. The van der Waals surface area contributed by atoms with Crippen LogP contribution in [-0.4, -0.2) is 51.4 Å². The zero-order valence-electron chi connectivity index (χ0n) is 17.9. The molecule has 0 aromatic heterocycles. The van der Waals surface area contributed by atoms with Crippen LogP contribution in [0.5, 0.6) is 11.5 Å². The van der Waals surface area contributed by atoms with E-state index < -0.39 is 10.1 Å². The number of rotatable bonds is 3. The Balaban J connectivity index is 0.000000461. The second-order valence-electron chi connectivity index (χ2n) is 7.70. The Morgan fingerprint density at radius 1 is 1.07 bits per heavy atom. The van der Waals surface area contributed by atoms with Crippen molar-refractivity contribution in [3.8, 4) is 11.5 Å². The molecule has 0 spiro atoms. The van der Waals surface area contributed by atoms with Crippen LogP contribution in [0.25, 0.3) is 5.57 Å². The molecule has 1 unspecified atom stereocenters. The maximum Gasteiger partial charge on any atom is 0.261 e. The lowest BCUT2D eigenvalue weighted by Crippen LogP contribution is -2.39. The first kappa shape index (κ1) is 22.3. The van der Waals surface area contributed by atoms with E-state index in [1.54, 1.807) is 14.2 Å². The van der Waals surface area contributed by atoms with Crippen LogP contribution in [-0.2, 0) is 16.5 Å². The predicted octanol–water partition coefficient (Wildman–Crippen LogP) is 3.98. The fourth-order valence-corrected chi connectivity index (χ4v) is 4.24. The van der Waals surface area contributed by atoms with Crippen molar-refractivity contribution in [1.29, 1.82) is 0 Å². The molecule has 2 aliphatic heterocycles. The number of benzene rings is 2. The summed E-state index contributed by atoms with van der Waals surface area (Å²) in [6.07, 6.45) is 2.85. The molecule has 4 rings (SSSR count). The zero-order chi connectivity index (χ0) is 21.9. The van der Waals surface area contributed by atoms with Gasteiger partial charge in [-0.2, -0.15) is 8.42 Å². The summed E-state index contributed by atoms with van der Waals surface area (Å²) in [6, 6.07) is 15.6. The van der Waals surface area contributed by atoms with Gasteiger partial charge in [-0.25, -0.2) is 0 Å². The molecule has 0 fully saturated rings. The van der Waals surface area contributed by atoms with Crippen LogP contribution in [0.4, 0.5) is 0 Å². The van der Waals surface area contributed by atoms with Crippen molar-refractivity contribution < 1.29 is 22.4 Å². The minimum absolute atomic E-state index is 0.441. The second-order valence-corrected chi connectivity index (χ2v) is 9.17. The first-order valence-corrected chi connectivity index (χ1v) is 11.7. The molecule has 30 heavy (non-hydrogen) atoms. The maximum atomic E-state index is 9.19. The summed E-state index contributed by atoms with van der Waals surface area (Å²) < 4.78 is 36.9. The monoisotopic (exact) mass is 431 g/mol. The number of hydrogen-bond donors (Lipinski definition) is 1. The predicted molar refractivity (Wildman–Crippen MR) is 119 cm³/mol. The van der Waals surface area contributed by atoms with Gasteiger partial charge in [-0.1, -0.05) is 35.9 Å². The second kappa shape index (κ2) is 9.20. The van der Waals surface area contributed by atoms with Gasteiger partial charge in [-0.05, 0) is 54.2 Å². The molecule has 0 saturated carbocycles. The number of fused-ring (bicyclic) bond motifs is 3. The standard InChI is InChI=1S/C22H25NO2.CH4O3S/c1-15-11-20-18-13-22(25-3)21(24-2)12-17(18)9-10-23(20)14-19(15)16-7-5-4-6-8-16;1-5(2,3)4/h4-8,12-13,20H,9-11,14H2,1-3H3;1H3,(H,2,3,4). The molecule has 7 heteroatoms.